The van der Waals surface area contributed by atoms with Gasteiger partial charge < -0.3 is 10.6 Å². The van der Waals surface area contributed by atoms with Crippen molar-refractivity contribution in [1.29, 1.82) is 0 Å². The zero-order valence-corrected chi connectivity index (χ0v) is 12.0. The standard InChI is InChI=1S/C14H22F3N3/c1-3-5-6-8-19-13-10-11(14(15,16)17)9-12(20-13)18-7-4-2/h9-10H,3-8H2,1-2H3,(H2,18,19,20). The molecule has 1 rings (SSSR count). The number of hydrogen-bond donors (Lipinski definition) is 2. The molecule has 0 radical (unpaired) electrons. The molecule has 0 aliphatic heterocycles. The molecule has 20 heavy (non-hydrogen) atoms. The number of anilines is 2. The van der Waals surface area contributed by atoms with Gasteiger partial charge in [-0.05, 0) is 25.0 Å². The summed E-state index contributed by atoms with van der Waals surface area (Å²) < 4.78 is 38.5. The van der Waals surface area contributed by atoms with Crippen molar-refractivity contribution < 1.29 is 13.2 Å². The molecule has 0 amide bonds. The second-order valence-corrected chi connectivity index (χ2v) is 4.68. The molecule has 1 aromatic heterocycles. The monoisotopic (exact) mass is 289 g/mol. The number of rotatable bonds is 8. The van der Waals surface area contributed by atoms with Crippen LogP contribution in [0.15, 0.2) is 12.1 Å². The molecule has 1 heterocycles. The van der Waals surface area contributed by atoms with Gasteiger partial charge in [0.05, 0.1) is 5.56 Å². The van der Waals surface area contributed by atoms with E-state index in [9.17, 15) is 13.2 Å². The third-order valence-electron chi connectivity index (χ3n) is 2.80. The number of nitrogens with one attached hydrogen (secondary N) is 2. The summed E-state index contributed by atoms with van der Waals surface area (Å²) >= 11 is 0. The van der Waals surface area contributed by atoms with E-state index in [0.29, 0.717) is 13.1 Å². The number of aromatic nitrogens is 1. The molecule has 0 aromatic carbocycles. The lowest BCUT2D eigenvalue weighted by Crippen LogP contribution is -2.12. The summed E-state index contributed by atoms with van der Waals surface area (Å²) in [6.45, 7) is 5.26. The zero-order chi connectivity index (χ0) is 15.0. The van der Waals surface area contributed by atoms with E-state index in [-0.39, 0.29) is 11.6 Å². The lowest BCUT2D eigenvalue weighted by molar-refractivity contribution is -0.137. The van der Waals surface area contributed by atoms with Gasteiger partial charge >= 0.3 is 6.18 Å². The number of pyridine rings is 1. The summed E-state index contributed by atoms with van der Waals surface area (Å²) in [6.07, 6.45) is -0.483. The van der Waals surface area contributed by atoms with E-state index in [1.807, 2.05) is 6.92 Å². The van der Waals surface area contributed by atoms with E-state index in [1.165, 1.54) is 0 Å². The van der Waals surface area contributed by atoms with Crippen molar-refractivity contribution in [3.8, 4) is 0 Å². The maximum absolute atomic E-state index is 12.8. The van der Waals surface area contributed by atoms with Gasteiger partial charge in [0, 0.05) is 13.1 Å². The number of halogens is 3. The molecule has 1 aromatic rings. The molecule has 0 saturated carbocycles. The second-order valence-electron chi connectivity index (χ2n) is 4.68. The summed E-state index contributed by atoms with van der Waals surface area (Å²) in [7, 11) is 0. The molecule has 0 saturated heterocycles. The fourth-order valence-electron chi connectivity index (χ4n) is 1.72. The van der Waals surface area contributed by atoms with Gasteiger partial charge in [-0.2, -0.15) is 13.2 Å². The van der Waals surface area contributed by atoms with E-state index >= 15 is 0 Å². The number of unbranched alkanes of at least 4 members (excludes halogenated alkanes) is 2. The Morgan fingerprint density at radius 3 is 2.05 bits per heavy atom. The summed E-state index contributed by atoms with van der Waals surface area (Å²) in [5.74, 6) is 0.536. The highest BCUT2D eigenvalue weighted by Gasteiger charge is 2.31. The van der Waals surface area contributed by atoms with Crippen LogP contribution in [0.3, 0.4) is 0 Å². The first-order valence-electron chi connectivity index (χ1n) is 7.04. The molecule has 0 fully saturated rings. The molecule has 3 nitrogen and oxygen atoms in total. The van der Waals surface area contributed by atoms with Crippen molar-refractivity contribution in [2.75, 3.05) is 23.7 Å². The molecule has 6 heteroatoms. The summed E-state index contributed by atoms with van der Waals surface area (Å²) in [5.41, 5.74) is -0.677. The summed E-state index contributed by atoms with van der Waals surface area (Å²) in [6, 6.07) is 2.11. The third kappa shape index (κ3) is 5.67. The SMILES string of the molecule is CCCCCNc1cc(C(F)(F)F)cc(NCCC)n1. The van der Waals surface area contributed by atoms with Gasteiger partial charge in [0.25, 0.3) is 0 Å². The zero-order valence-electron chi connectivity index (χ0n) is 12.0. The van der Waals surface area contributed by atoms with Crippen molar-refractivity contribution in [2.24, 2.45) is 0 Å². The average molecular weight is 289 g/mol. The minimum Gasteiger partial charge on any atom is -0.370 e. The Hall–Kier alpha value is -1.46. The van der Waals surface area contributed by atoms with E-state index in [2.05, 4.69) is 22.5 Å². The van der Waals surface area contributed by atoms with Crippen LogP contribution in [-0.2, 0) is 6.18 Å². The molecule has 0 unspecified atom stereocenters. The van der Waals surface area contributed by atoms with Gasteiger partial charge in [-0.3, -0.25) is 0 Å². The van der Waals surface area contributed by atoms with Crippen LogP contribution in [0, 0.1) is 0 Å². The molecular weight excluding hydrogens is 267 g/mol. The van der Waals surface area contributed by atoms with Crippen LogP contribution in [0.1, 0.15) is 45.1 Å². The van der Waals surface area contributed by atoms with Gasteiger partial charge in [-0.1, -0.05) is 26.7 Å². The molecule has 0 bridgehead atoms. The van der Waals surface area contributed by atoms with Crippen molar-refractivity contribution in [3.63, 3.8) is 0 Å². The minimum atomic E-state index is -4.36. The maximum atomic E-state index is 12.8. The van der Waals surface area contributed by atoms with E-state index in [0.717, 1.165) is 37.8 Å². The Balaban J connectivity index is 2.80. The smallest absolute Gasteiger partial charge is 0.370 e. The second kappa shape index (κ2) is 7.97. The number of hydrogen-bond acceptors (Lipinski definition) is 3. The van der Waals surface area contributed by atoms with Crippen LogP contribution in [-0.4, -0.2) is 18.1 Å². The van der Waals surface area contributed by atoms with Crippen LogP contribution in [0.4, 0.5) is 24.8 Å². The van der Waals surface area contributed by atoms with Crippen molar-refractivity contribution >= 4 is 11.6 Å². The lowest BCUT2D eigenvalue weighted by Gasteiger charge is -2.13. The van der Waals surface area contributed by atoms with Crippen molar-refractivity contribution in [2.45, 2.75) is 45.7 Å². The molecular formula is C14H22F3N3. The minimum absolute atomic E-state index is 0.264. The number of alkyl halides is 3. The molecule has 0 atom stereocenters. The van der Waals surface area contributed by atoms with Crippen molar-refractivity contribution in [1.82, 2.24) is 4.98 Å². The van der Waals surface area contributed by atoms with E-state index in [4.69, 9.17) is 0 Å². The summed E-state index contributed by atoms with van der Waals surface area (Å²) in [5, 5.41) is 5.86. The number of nitrogens with zero attached hydrogens (tertiary/aromatic N) is 1. The normalized spacial score (nSPS) is 11.4. The first kappa shape index (κ1) is 16.6. The first-order chi connectivity index (χ1) is 9.47. The quantitative estimate of drug-likeness (QED) is 0.691. The molecule has 0 aliphatic carbocycles. The van der Waals surface area contributed by atoms with Crippen LogP contribution in [0.5, 0.6) is 0 Å². The topological polar surface area (TPSA) is 37.0 Å². The highest BCUT2D eigenvalue weighted by atomic mass is 19.4. The Kier molecular flexibility index (Phi) is 6.61. The van der Waals surface area contributed by atoms with E-state index < -0.39 is 11.7 Å². The van der Waals surface area contributed by atoms with Gasteiger partial charge in [0.2, 0.25) is 0 Å². The predicted molar refractivity (Wildman–Crippen MR) is 76.0 cm³/mol. The van der Waals surface area contributed by atoms with Gasteiger partial charge in [0.1, 0.15) is 11.6 Å². The Morgan fingerprint density at radius 2 is 1.55 bits per heavy atom. The lowest BCUT2D eigenvalue weighted by atomic mass is 10.2. The fraction of sp³-hybridized carbons (Fsp3) is 0.643. The Labute approximate surface area is 118 Å². The molecule has 114 valence electrons. The van der Waals surface area contributed by atoms with Crippen LogP contribution < -0.4 is 10.6 Å². The summed E-state index contributed by atoms with van der Waals surface area (Å²) in [4.78, 5) is 4.16. The Bertz CT molecular complexity index is 405. The van der Waals surface area contributed by atoms with Crippen LogP contribution in [0.25, 0.3) is 0 Å². The van der Waals surface area contributed by atoms with Gasteiger partial charge in [-0.15, -0.1) is 0 Å². The highest BCUT2D eigenvalue weighted by Crippen LogP contribution is 2.32. The molecule has 0 aliphatic rings. The first-order valence-corrected chi connectivity index (χ1v) is 7.04. The average Bonchev–Trinajstić information content (AvgIpc) is 2.40. The van der Waals surface area contributed by atoms with Crippen molar-refractivity contribution in [3.05, 3.63) is 17.7 Å². The highest BCUT2D eigenvalue weighted by molar-refractivity contribution is 5.49. The Morgan fingerprint density at radius 1 is 0.950 bits per heavy atom. The molecule has 0 spiro atoms. The van der Waals surface area contributed by atoms with Gasteiger partial charge in [-0.25, -0.2) is 4.98 Å². The largest absolute Gasteiger partial charge is 0.416 e. The fourth-order valence-corrected chi connectivity index (χ4v) is 1.72. The van der Waals surface area contributed by atoms with Gasteiger partial charge in [0.15, 0.2) is 0 Å². The van der Waals surface area contributed by atoms with E-state index in [1.54, 1.807) is 0 Å². The maximum Gasteiger partial charge on any atom is 0.416 e. The molecule has 2 N–H and O–H groups in total. The third-order valence-corrected chi connectivity index (χ3v) is 2.80. The predicted octanol–water partition coefficient (Wildman–Crippen LogP) is 4.52. The van der Waals surface area contributed by atoms with Crippen LogP contribution >= 0.6 is 0 Å². The van der Waals surface area contributed by atoms with Crippen LogP contribution in [0.2, 0.25) is 0 Å².